The number of nitrogens with one attached hydrogen (secondary N) is 1. The Balaban J connectivity index is 2.71. The standard InChI is InChI=1S/C14H29N3O3S/c1-11-7-12(2)9-17(8-11)21(19,20)16(6)10-13(18)15-14(3,4)5/h11-12H,7-10H2,1-6H3,(H,15,18)/t11-,12-/m0/s1. The second kappa shape index (κ2) is 6.62. The average molecular weight is 319 g/mol. The van der Waals surface area contributed by atoms with Crippen LogP contribution in [0.4, 0.5) is 0 Å². The maximum atomic E-state index is 12.5. The van der Waals surface area contributed by atoms with E-state index in [1.54, 1.807) is 0 Å². The molecule has 1 amide bonds. The van der Waals surface area contributed by atoms with Crippen molar-refractivity contribution in [2.75, 3.05) is 26.7 Å². The van der Waals surface area contributed by atoms with Crippen molar-refractivity contribution >= 4 is 16.1 Å². The lowest BCUT2D eigenvalue weighted by atomic mass is 9.94. The summed E-state index contributed by atoms with van der Waals surface area (Å²) in [6, 6.07) is 0. The van der Waals surface area contributed by atoms with E-state index in [2.05, 4.69) is 19.2 Å². The number of amides is 1. The van der Waals surface area contributed by atoms with Crippen molar-refractivity contribution in [2.24, 2.45) is 11.8 Å². The van der Waals surface area contributed by atoms with Gasteiger partial charge in [0, 0.05) is 25.7 Å². The lowest BCUT2D eigenvalue weighted by molar-refractivity contribution is -0.122. The molecular formula is C14H29N3O3S. The van der Waals surface area contributed by atoms with Gasteiger partial charge in [-0.1, -0.05) is 13.8 Å². The van der Waals surface area contributed by atoms with E-state index in [-0.39, 0.29) is 18.0 Å². The average Bonchev–Trinajstić information content (AvgIpc) is 2.24. The van der Waals surface area contributed by atoms with Crippen LogP contribution in [-0.4, -0.2) is 55.2 Å². The zero-order valence-electron chi connectivity index (χ0n) is 14.0. The Morgan fingerprint density at radius 2 is 1.71 bits per heavy atom. The van der Waals surface area contributed by atoms with Crippen LogP contribution in [0.15, 0.2) is 0 Å². The molecule has 2 atom stereocenters. The molecule has 0 unspecified atom stereocenters. The number of rotatable bonds is 4. The van der Waals surface area contributed by atoms with Crippen molar-refractivity contribution in [3.05, 3.63) is 0 Å². The van der Waals surface area contributed by atoms with E-state index in [4.69, 9.17) is 0 Å². The first kappa shape index (κ1) is 18.4. The maximum Gasteiger partial charge on any atom is 0.282 e. The first-order valence-corrected chi connectivity index (χ1v) is 8.84. The summed E-state index contributed by atoms with van der Waals surface area (Å²) in [5.41, 5.74) is -0.365. The van der Waals surface area contributed by atoms with Gasteiger partial charge in [0.1, 0.15) is 0 Å². The van der Waals surface area contributed by atoms with Crippen molar-refractivity contribution in [2.45, 2.75) is 46.6 Å². The molecule has 0 aromatic carbocycles. The molecule has 0 saturated carbocycles. The summed E-state index contributed by atoms with van der Waals surface area (Å²) in [4.78, 5) is 11.9. The van der Waals surface area contributed by atoms with Gasteiger partial charge in [0.2, 0.25) is 5.91 Å². The Bertz CT molecular complexity index is 460. The van der Waals surface area contributed by atoms with Crippen LogP contribution >= 0.6 is 0 Å². The summed E-state index contributed by atoms with van der Waals surface area (Å²) in [5, 5.41) is 2.78. The molecule has 0 radical (unpaired) electrons. The van der Waals surface area contributed by atoms with E-state index in [9.17, 15) is 13.2 Å². The molecule has 7 heteroatoms. The fourth-order valence-corrected chi connectivity index (χ4v) is 4.29. The van der Waals surface area contributed by atoms with Gasteiger partial charge in [-0.2, -0.15) is 17.0 Å². The SMILES string of the molecule is C[C@H]1C[C@H](C)CN(S(=O)(=O)N(C)CC(=O)NC(C)(C)C)C1. The van der Waals surface area contributed by atoms with Crippen molar-refractivity contribution in [1.29, 1.82) is 0 Å². The van der Waals surface area contributed by atoms with E-state index in [1.165, 1.54) is 11.4 Å². The predicted octanol–water partition coefficient (Wildman–Crippen LogP) is 1.06. The van der Waals surface area contributed by atoms with E-state index >= 15 is 0 Å². The quantitative estimate of drug-likeness (QED) is 0.842. The van der Waals surface area contributed by atoms with Gasteiger partial charge in [-0.25, -0.2) is 0 Å². The second-order valence-electron chi connectivity index (χ2n) is 7.33. The van der Waals surface area contributed by atoms with Crippen LogP contribution in [0, 0.1) is 11.8 Å². The summed E-state index contributed by atoms with van der Waals surface area (Å²) in [7, 11) is -2.11. The molecule has 124 valence electrons. The second-order valence-corrected chi connectivity index (χ2v) is 9.36. The normalized spacial score (nSPS) is 25.1. The van der Waals surface area contributed by atoms with Crippen LogP contribution in [0.25, 0.3) is 0 Å². The molecule has 1 N–H and O–H groups in total. The van der Waals surface area contributed by atoms with Gasteiger partial charge in [0.25, 0.3) is 10.2 Å². The lowest BCUT2D eigenvalue weighted by Gasteiger charge is -2.36. The monoisotopic (exact) mass is 319 g/mol. The van der Waals surface area contributed by atoms with Crippen LogP contribution < -0.4 is 5.32 Å². The van der Waals surface area contributed by atoms with Gasteiger partial charge in [-0.3, -0.25) is 4.79 Å². The highest BCUT2D eigenvalue weighted by Gasteiger charge is 2.34. The zero-order chi connectivity index (χ0) is 16.4. The minimum absolute atomic E-state index is 0.154. The van der Waals surface area contributed by atoms with Crippen molar-refractivity contribution < 1.29 is 13.2 Å². The lowest BCUT2D eigenvalue weighted by Crippen LogP contribution is -2.52. The summed E-state index contributed by atoms with van der Waals surface area (Å²) in [6.45, 7) is 10.6. The van der Waals surface area contributed by atoms with E-state index in [0.717, 1.165) is 10.7 Å². The highest BCUT2D eigenvalue weighted by molar-refractivity contribution is 7.86. The number of piperidine rings is 1. The third kappa shape index (κ3) is 5.56. The van der Waals surface area contributed by atoms with E-state index in [0.29, 0.717) is 24.9 Å². The Labute approximate surface area is 129 Å². The molecule has 0 spiro atoms. The van der Waals surface area contributed by atoms with Crippen molar-refractivity contribution in [3.63, 3.8) is 0 Å². The minimum atomic E-state index is -3.57. The zero-order valence-corrected chi connectivity index (χ0v) is 14.8. The third-order valence-corrected chi connectivity index (χ3v) is 5.30. The molecule has 1 saturated heterocycles. The van der Waals surface area contributed by atoms with Crippen LogP contribution in [0.2, 0.25) is 0 Å². The Morgan fingerprint density at radius 1 is 1.24 bits per heavy atom. The highest BCUT2D eigenvalue weighted by atomic mass is 32.2. The fourth-order valence-electron chi connectivity index (χ4n) is 2.73. The van der Waals surface area contributed by atoms with Gasteiger partial charge >= 0.3 is 0 Å². The molecule has 1 aliphatic rings. The molecule has 1 heterocycles. The number of likely N-dealkylation sites (N-methyl/N-ethyl adjacent to an activating group) is 1. The predicted molar refractivity (Wildman–Crippen MR) is 84.0 cm³/mol. The molecule has 1 aliphatic heterocycles. The number of carbonyl (C=O) groups is 1. The first-order valence-electron chi connectivity index (χ1n) is 7.44. The molecule has 0 bridgehead atoms. The van der Waals surface area contributed by atoms with Crippen LogP contribution in [-0.2, 0) is 15.0 Å². The van der Waals surface area contributed by atoms with Gasteiger partial charge in [-0.15, -0.1) is 0 Å². The van der Waals surface area contributed by atoms with Gasteiger partial charge in [0.05, 0.1) is 6.54 Å². The molecule has 1 rings (SSSR count). The first-order chi connectivity index (χ1) is 9.41. The van der Waals surface area contributed by atoms with Crippen LogP contribution in [0.3, 0.4) is 0 Å². The largest absolute Gasteiger partial charge is 0.350 e. The molecule has 0 aromatic heterocycles. The summed E-state index contributed by atoms with van der Waals surface area (Å²) < 4.78 is 27.7. The summed E-state index contributed by atoms with van der Waals surface area (Å²) >= 11 is 0. The highest BCUT2D eigenvalue weighted by Crippen LogP contribution is 2.24. The molecular weight excluding hydrogens is 290 g/mol. The summed E-state index contributed by atoms with van der Waals surface area (Å²) in [6.07, 6.45) is 1.04. The molecule has 6 nitrogen and oxygen atoms in total. The van der Waals surface area contributed by atoms with Crippen LogP contribution in [0.1, 0.15) is 41.0 Å². The Kier molecular flexibility index (Phi) is 5.80. The maximum absolute atomic E-state index is 12.5. The number of nitrogens with zero attached hydrogens (tertiary/aromatic N) is 2. The van der Waals surface area contributed by atoms with Gasteiger partial charge < -0.3 is 5.32 Å². The molecule has 21 heavy (non-hydrogen) atoms. The topological polar surface area (TPSA) is 69.7 Å². The minimum Gasteiger partial charge on any atom is -0.350 e. The number of carbonyl (C=O) groups excluding carboxylic acids is 1. The molecule has 0 aliphatic carbocycles. The molecule has 1 fully saturated rings. The Hall–Kier alpha value is -0.660. The number of hydrogen-bond donors (Lipinski definition) is 1. The van der Waals surface area contributed by atoms with Crippen molar-refractivity contribution in [1.82, 2.24) is 13.9 Å². The number of hydrogen-bond acceptors (Lipinski definition) is 3. The molecule has 0 aromatic rings. The summed E-state index contributed by atoms with van der Waals surface area (Å²) in [5.74, 6) is 0.410. The van der Waals surface area contributed by atoms with Crippen molar-refractivity contribution in [3.8, 4) is 0 Å². The smallest absolute Gasteiger partial charge is 0.282 e. The van der Waals surface area contributed by atoms with Gasteiger partial charge in [-0.05, 0) is 39.0 Å². The van der Waals surface area contributed by atoms with E-state index < -0.39 is 10.2 Å². The Morgan fingerprint density at radius 3 is 2.14 bits per heavy atom. The van der Waals surface area contributed by atoms with E-state index in [1.807, 2.05) is 20.8 Å². The van der Waals surface area contributed by atoms with Gasteiger partial charge in [0.15, 0.2) is 0 Å². The van der Waals surface area contributed by atoms with Crippen LogP contribution in [0.5, 0.6) is 0 Å². The fraction of sp³-hybridized carbons (Fsp3) is 0.929. The third-order valence-electron chi connectivity index (χ3n) is 3.44.